The lowest BCUT2D eigenvalue weighted by molar-refractivity contribution is 0.480. The number of hydrogen-bond donors (Lipinski definition) is 7. The maximum Gasteiger partial charge on any atom is 0.296 e. The van der Waals surface area contributed by atoms with Gasteiger partial charge in [0.25, 0.3) is 20.2 Å². The van der Waals surface area contributed by atoms with Gasteiger partial charge in [-0.1, -0.05) is 29.8 Å². The monoisotopic (exact) mass is 796 g/mol. The number of phenolic OH excluding ortho intramolecular Hbond substituents is 1. The van der Waals surface area contributed by atoms with Crippen molar-refractivity contribution in [3.05, 3.63) is 95.6 Å². The predicted octanol–water partition coefficient (Wildman–Crippen LogP) is 8.08. The normalized spacial score (nSPS) is 12.0. The summed E-state index contributed by atoms with van der Waals surface area (Å²) in [6, 6.07) is 20.3. The molecule has 0 saturated carbocycles. The summed E-state index contributed by atoms with van der Waals surface area (Å²) < 4.78 is 69.7. The van der Waals surface area contributed by atoms with Crippen molar-refractivity contribution < 1.29 is 31.0 Å². The fourth-order valence-electron chi connectivity index (χ4n) is 5.40. The van der Waals surface area contributed by atoms with E-state index in [0.717, 1.165) is 23.3 Å². The van der Waals surface area contributed by atoms with Crippen molar-refractivity contribution in [1.82, 2.24) is 15.0 Å². The highest BCUT2D eigenvalue weighted by Crippen LogP contribution is 2.47. The van der Waals surface area contributed by atoms with Crippen LogP contribution in [0, 0.1) is 20.8 Å². The molecule has 56 heavy (non-hydrogen) atoms. The van der Waals surface area contributed by atoms with Gasteiger partial charge in [0.1, 0.15) is 26.9 Å². The molecule has 0 aliphatic heterocycles. The molecule has 5 aromatic carbocycles. The van der Waals surface area contributed by atoms with Crippen molar-refractivity contribution in [3.63, 3.8) is 0 Å². The number of nitrogen functional groups attached to an aromatic ring is 1. The maximum absolute atomic E-state index is 12.4. The Balaban J connectivity index is 1.41. The van der Waals surface area contributed by atoms with Crippen LogP contribution in [0.25, 0.3) is 10.8 Å². The third kappa shape index (κ3) is 8.71. The molecule has 286 valence electrons. The van der Waals surface area contributed by atoms with Gasteiger partial charge in [-0.15, -0.1) is 15.3 Å². The number of hydrogen-bond acceptors (Lipinski definition) is 17. The molecule has 19 nitrogen and oxygen atoms in total. The molecule has 1 heterocycles. The van der Waals surface area contributed by atoms with Gasteiger partial charge in [0.05, 0.1) is 16.8 Å². The Kier molecular flexibility index (Phi) is 10.7. The topological polar surface area (TPSA) is 292 Å². The Labute approximate surface area is 319 Å². The highest BCUT2D eigenvalue weighted by Gasteiger charge is 2.25. The smallest absolute Gasteiger partial charge is 0.296 e. The van der Waals surface area contributed by atoms with Crippen LogP contribution in [0.4, 0.5) is 57.7 Å². The minimum absolute atomic E-state index is 0.0121. The molecule has 6 aromatic rings. The number of benzene rings is 5. The summed E-state index contributed by atoms with van der Waals surface area (Å²) in [5, 5.41) is 37.3. The number of nitrogens with one attached hydrogen (secondary N) is 3. The summed E-state index contributed by atoms with van der Waals surface area (Å²) in [4.78, 5) is 11.6. The molecule has 0 bridgehead atoms. The number of azo groups is 2. The molecule has 0 saturated heterocycles. The molecule has 0 unspecified atom stereocenters. The van der Waals surface area contributed by atoms with Crippen LogP contribution in [0.15, 0.2) is 114 Å². The number of aromatic hydroxyl groups is 1. The predicted molar refractivity (Wildman–Crippen MR) is 211 cm³/mol. The average molecular weight is 797 g/mol. The first-order chi connectivity index (χ1) is 26.5. The molecule has 0 spiro atoms. The van der Waals surface area contributed by atoms with Crippen molar-refractivity contribution in [1.29, 1.82) is 0 Å². The second kappa shape index (κ2) is 15.4. The van der Waals surface area contributed by atoms with Gasteiger partial charge in [-0.05, 0) is 91.9 Å². The van der Waals surface area contributed by atoms with E-state index in [1.54, 1.807) is 24.3 Å². The van der Waals surface area contributed by atoms with Crippen LogP contribution in [0.1, 0.15) is 16.7 Å². The van der Waals surface area contributed by atoms with Gasteiger partial charge in [-0.3, -0.25) is 9.11 Å². The van der Waals surface area contributed by atoms with E-state index >= 15 is 0 Å². The quantitative estimate of drug-likeness (QED) is 0.0203. The van der Waals surface area contributed by atoms with Crippen molar-refractivity contribution in [2.45, 2.75) is 30.6 Å². The van der Waals surface area contributed by atoms with Gasteiger partial charge in [-0.25, -0.2) is 5.43 Å². The summed E-state index contributed by atoms with van der Waals surface area (Å²) in [5.74, 6) is -0.444. The summed E-state index contributed by atoms with van der Waals surface area (Å²) >= 11 is 0. The van der Waals surface area contributed by atoms with Crippen LogP contribution in [-0.4, -0.2) is 52.7 Å². The Morgan fingerprint density at radius 3 is 1.93 bits per heavy atom. The second-order valence-electron chi connectivity index (χ2n) is 12.2. The van der Waals surface area contributed by atoms with E-state index in [4.69, 9.17) is 5.73 Å². The third-order valence-electron chi connectivity index (χ3n) is 7.96. The van der Waals surface area contributed by atoms with Gasteiger partial charge >= 0.3 is 0 Å². The summed E-state index contributed by atoms with van der Waals surface area (Å²) in [6.07, 6.45) is 0. The number of aromatic nitrogens is 3. The van der Waals surface area contributed by atoms with Gasteiger partial charge in [0, 0.05) is 18.1 Å². The van der Waals surface area contributed by atoms with E-state index in [0.29, 0.717) is 11.4 Å². The second-order valence-corrected chi connectivity index (χ2v) is 15.0. The number of nitrogens with zero attached hydrogens (tertiary/aromatic N) is 8. The first kappa shape index (κ1) is 38.8. The lowest BCUT2D eigenvalue weighted by Gasteiger charge is -2.14. The van der Waals surface area contributed by atoms with Crippen LogP contribution < -0.4 is 21.8 Å². The Hall–Kier alpha value is -6.94. The molecular weight excluding hydrogens is 765 g/mol. The number of nitrogens with two attached hydrogens (primary N) is 1. The minimum atomic E-state index is -4.88. The lowest BCUT2D eigenvalue weighted by atomic mass is 10.0. The summed E-state index contributed by atoms with van der Waals surface area (Å²) in [5.41, 5.74) is 11.0. The van der Waals surface area contributed by atoms with E-state index in [1.807, 2.05) is 38.1 Å². The van der Waals surface area contributed by atoms with Gasteiger partial charge in [0.15, 0.2) is 5.75 Å². The fourth-order valence-corrected chi connectivity index (χ4v) is 6.68. The molecule has 0 radical (unpaired) electrons. The molecular formula is C35H32N12O7S2. The molecule has 8 N–H and O–H groups in total. The lowest BCUT2D eigenvalue weighted by Crippen LogP contribution is -2.07. The van der Waals surface area contributed by atoms with Crippen molar-refractivity contribution in [2.24, 2.45) is 25.6 Å². The Morgan fingerprint density at radius 1 is 0.679 bits per heavy atom. The number of rotatable bonds is 12. The van der Waals surface area contributed by atoms with Crippen molar-refractivity contribution in [2.75, 3.05) is 21.8 Å². The van der Waals surface area contributed by atoms with Crippen LogP contribution >= 0.6 is 0 Å². The van der Waals surface area contributed by atoms with Crippen molar-refractivity contribution in [3.8, 4) is 5.75 Å². The number of hydrazone groups is 1. The average Bonchev–Trinajstić information content (AvgIpc) is 3.11. The molecule has 0 atom stereocenters. The molecule has 0 fully saturated rings. The van der Waals surface area contributed by atoms with Gasteiger partial charge in [0.2, 0.25) is 17.8 Å². The Bertz CT molecular complexity index is 2820. The van der Waals surface area contributed by atoms with E-state index in [-0.39, 0.29) is 56.9 Å². The van der Waals surface area contributed by atoms with Crippen LogP contribution in [0.3, 0.4) is 0 Å². The van der Waals surface area contributed by atoms with Crippen LogP contribution in [0.2, 0.25) is 0 Å². The van der Waals surface area contributed by atoms with E-state index in [2.05, 4.69) is 63.3 Å². The minimum Gasteiger partial charge on any atom is -0.505 e. The number of fused-ring (bicyclic) bond motifs is 1. The highest BCUT2D eigenvalue weighted by molar-refractivity contribution is 7.86. The highest BCUT2D eigenvalue weighted by atomic mass is 32.2. The third-order valence-corrected chi connectivity index (χ3v) is 9.72. The zero-order valence-electron chi connectivity index (χ0n) is 29.7. The fraction of sp³-hybridized carbons (Fsp3) is 0.0857. The van der Waals surface area contributed by atoms with E-state index < -0.39 is 41.5 Å². The largest absolute Gasteiger partial charge is 0.505 e. The number of phenols is 1. The van der Waals surface area contributed by atoms with Crippen LogP contribution in [-0.2, 0) is 20.2 Å². The van der Waals surface area contributed by atoms with Crippen LogP contribution in [0.5, 0.6) is 5.75 Å². The Morgan fingerprint density at radius 2 is 1.30 bits per heavy atom. The molecule has 1 aromatic heterocycles. The summed E-state index contributed by atoms with van der Waals surface area (Å²) in [7, 11) is -9.73. The molecule has 0 amide bonds. The standard InChI is InChI=1S/C35H32N12O7S2/c1-18-8-10-22(11-9-18)43-46-31-27(56(52,53)54)16-21-15-20(3)30(32(48)28(21)29(31)36)45-44-25-17-24(12-13-26(25)55(49,50)51)39-34-40-33(41-35(42-34)47-37-4)38-23-7-5-6-19(2)14-23/h5-17,48H,4,36H2,1-3H3,(H,49,50,51)(H,52,53,54)(H3,38,39,40,41,42,47). The molecule has 0 aliphatic carbocycles. The molecule has 21 heteroatoms. The zero-order chi connectivity index (χ0) is 40.4. The van der Waals surface area contributed by atoms with Gasteiger partial charge < -0.3 is 21.5 Å². The zero-order valence-corrected chi connectivity index (χ0v) is 31.3. The maximum atomic E-state index is 12.4. The summed E-state index contributed by atoms with van der Waals surface area (Å²) in [6.45, 7) is 8.68. The van der Waals surface area contributed by atoms with Gasteiger partial charge in [-0.2, -0.15) is 42.0 Å². The number of aryl methyl sites for hydroxylation is 3. The first-order valence-electron chi connectivity index (χ1n) is 16.2. The first-order valence-corrected chi connectivity index (χ1v) is 19.0. The van der Waals surface area contributed by atoms with E-state index in [1.165, 1.54) is 25.1 Å². The van der Waals surface area contributed by atoms with Crippen molar-refractivity contribution >= 4 is 95.4 Å². The number of anilines is 6. The van der Waals surface area contributed by atoms with E-state index in [9.17, 15) is 31.0 Å². The molecule has 6 rings (SSSR count). The SMILES string of the molecule is C=NNc1nc(Nc2cccc(C)c2)nc(Nc2ccc(S(=O)(=O)O)c(N=Nc3c(C)cc4cc(S(=O)(=O)O)c(N=Nc5ccc(C)cc5)c(N)c4c3O)c2)n1. The molecule has 0 aliphatic rings.